The number of thiophene rings is 1. The monoisotopic (exact) mass is 217 g/mol. The molecule has 0 saturated carbocycles. The van der Waals surface area contributed by atoms with Crippen LogP contribution in [0.1, 0.15) is 5.48 Å². The van der Waals surface area contributed by atoms with Gasteiger partial charge in [0.05, 0.1) is 10.2 Å². The summed E-state index contributed by atoms with van der Waals surface area (Å²) in [5.41, 5.74) is 0. The molecule has 2 heterocycles. The van der Waals surface area contributed by atoms with Crippen LogP contribution in [0.5, 0.6) is 0 Å². The number of hydrogen-bond acceptors (Lipinski definition) is 2. The van der Waals surface area contributed by atoms with Gasteiger partial charge in [-0.25, -0.2) is 0 Å². The molecule has 0 bridgehead atoms. The van der Waals surface area contributed by atoms with E-state index in [2.05, 4.69) is 20.9 Å². The Kier molecular flexibility index (Phi) is 0.773. The summed E-state index contributed by atoms with van der Waals surface area (Å²) < 4.78 is 30.9. The van der Waals surface area contributed by atoms with Crippen LogP contribution in [0, 0.1) is 0 Å². The molecule has 2 aromatic heterocycles. The molecule has 0 amide bonds. The van der Waals surface area contributed by atoms with Crippen LogP contribution >= 0.6 is 27.3 Å². The van der Waals surface area contributed by atoms with E-state index in [4.69, 9.17) is 5.48 Å². The molecule has 0 aliphatic carbocycles. The number of hydrogen-bond donors (Lipinski definition) is 0. The van der Waals surface area contributed by atoms with Gasteiger partial charge in [0, 0.05) is 22.2 Å². The van der Waals surface area contributed by atoms with E-state index in [9.17, 15) is 0 Å². The molecule has 2 rings (SSSR count). The summed E-state index contributed by atoms with van der Waals surface area (Å²) in [4.78, 5) is 3.69. The van der Waals surface area contributed by atoms with E-state index >= 15 is 0 Å². The Bertz CT molecular complexity index is 524. The summed E-state index contributed by atoms with van der Waals surface area (Å²) in [5, 5.41) is 0.548. The fourth-order valence-corrected chi connectivity index (χ4v) is 1.77. The van der Waals surface area contributed by atoms with Gasteiger partial charge in [0.2, 0.25) is 0 Å². The number of pyridine rings is 1. The highest BCUT2D eigenvalue weighted by Gasteiger charge is 1.97. The molecule has 0 radical (unpaired) electrons. The van der Waals surface area contributed by atoms with Gasteiger partial charge in [0.15, 0.2) is 0 Å². The minimum atomic E-state index is -0.0613. The van der Waals surface area contributed by atoms with Crippen molar-refractivity contribution in [1.29, 1.82) is 0 Å². The van der Waals surface area contributed by atoms with E-state index in [0.29, 0.717) is 14.6 Å². The average molecular weight is 218 g/mol. The van der Waals surface area contributed by atoms with E-state index in [0.717, 1.165) is 11.3 Å². The van der Waals surface area contributed by atoms with Crippen LogP contribution in [0.4, 0.5) is 0 Å². The molecule has 0 N–H and O–H groups in total. The molecule has 0 fully saturated rings. The molecule has 2 aromatic rings. The molecule has 0 aliphatic heterocycles. The predicted molar refractivity (Wildman–Crippen MR) is 47.3 cm³/mol. The Balaban J connectivity index is 3.03. The molecule has 0 saturated heterocycles. The lowest BCUT2D eigenvalue weighted by atomic mass is 10.3. The van der Waals surface area contributed by atoms with Crippen molar-refractivity contribution < 1.29 is 5.48 Å². The highest BCUT2D eigenvalue weighted by molar-refractivity contribution is 9.10. The molecule has 0 aliphatic rings. The molecule has 0 aromatic carbocycles. The molecular formula is C7H4BrNS. The van der Waals surface area contributed by atoms with Crippen LogP contribution in [-0.4, -0.2) is 4.98 Å². The number of rotatable bonds is 0. The maximum Gasteiger partial charge on any atom is 0.0855 e. The first-order chi connectivity index (χ1) is 6.52. The molecule has 10 heavy (non-hydrogen) atoms. The Morgan fingerprint density at radius 1 is 1.60 bits per heavy atom. The number of halogens is 1. The maximum absolute atomic E-state index is 7.60. The van der Waals surface area contributed by atoms with Crippen molar-refractivity contribution in [2.24, 2.45) is 0 Å². The van der Waals surface area contributed by atoms with Gasteiger partial charge in [0.25, 0.3) is 0 Å². The van der Waals surface area contributed by atoms with Crippen molar-refractivity contribution in [2.75, 3.05) is 0 Å². The largest absolute Gasteiger partial charge is 0.262 e. The number of fused-ring (bicyclic) bond motifs is 1. The summed E-state index contributed by atoms with van der Waals surface area (Å²) in [7, 11) is 0. The van der Waals surface area contributed by atoms with Crippen molar-refractivity contribution in [3.05, 3.63) is 28.2 Å². The van der Waals surface area contributed by atoms with E-state index in [1.165, 1.54) is 0 Å². The summed E-state index contributed by atoms with van der Waals surface area (Å²) >= 11 is 4.19. The van der Waals surface area contributed by atoms with Crippen LogP contribution < -0.4 is 0 Å². The second kappa shape index (κ2) is 2.32. The van der Waals surface area contributed by atoms with Crippen molar-refractivity contribution in [2.45, 2.75) is 0 Å². The van der Waals surface area contributed by atoms with Crippen molar-refractivity contribution >= 4 is 37.4 Å². The van der Waals surface area contributed by atoms with E-state index in [-0.39, 0.29) is 23.7 Å². The lowest BCUT2D eigenvalue weighted by Gasteiger charge is -1.89. The molecule has 3 heteroatoms. The Morgan fingerprint density at radius 2 is 2.50 bits per heavy atom. The Morgan fingerprint density at radius 3 is 3.40 bits per heavy atom. The van der Waals surface area contributed by atoms with Crippen molar-refractivity contribution in [1.82, 2.24) is 4.98 Å². The van der Waals surface area contributed by atoms with Gasteiger partial charge in [-0.15, -0.1) is 11.3 Å². The first kappa shape index (κ1) is 3.32. The normalized spacial score (nSPS) is 16.1. The fourth-order valence-electron chi connectivity index (χ4n) is 0.652. The Labute approximate surface area is 76.5 Å². The fraction of sp³-hybridized carbons (Fsp3) is 0. The molecular weight excluding hydrogens is 210 g/mol. The van der Waals surface area contributed by atoms with E-state index < -0.39 is 0 Å². The molecule has 0 spiro atoms. The quantitative estimate of drug-likeness (QED) is 0.662. The summed E-state index contributed by atoms with van der Waals surface area (Å²) in [5.74, 6) is 0. The van der Waals surface area contributed by atoms with Crippen molar-refractivity contribution in [3.8, 4) is 0 Å². The molecule has 0 atom stereocenters. The third kappa shape index (κ3) is 0.859. The summed E-state index contributed by atoms with van der Waals surface area (Å²) in [6.07, 6.45) is -0.0981. The zero-order valence-corrected chi connectivity index (χ0v) is 7.14. The predicted octanol–water partition coefficient (Wildman–Crippen LogP) is 3.06. The van der Waals surface area contributed by atoms with Crippen LogP contribution in [-0.2, 0) is 0 Å². The zero-order valence-electron chi connectivity index (χ0n) is 8.73. The van der Waals surface area contributed by atoms with Gasteiger partial charge < -0.3 is 0 Å². The summed E-state index contributed by atoms with van der Waals surface area (Å²) in [6.45, 7) is 0. The van der Waals surface area contributed by atoms with Crippen molar-refractivity contribution in [3.63, 3.8) is 0 Å². The van der Waals surface area contributed by atoms with Crippen LogP contribution in [0.25, 0.3) is 10.1 Å². The number of nitrogens with zero attached hydrogens (tertiary/aromatic N) is 1. The van der Waals surface area contributed by atoms with Crippen LogP contribution in [0.3, 0.4) is 0 Å². The third-order valence-electron chi connectivity index (χ3n) is 1.09. The van der Waals surface area contributed by atoms with E-state index in [1.54, 1.807) is 0 Å². The third-order valence-corrected chi connectivity index (χ3v) is 2.36. The highest BCUT2D eigenvalue weighted by atomic mass is 79.9. The maximum atomic E-state index is 7.60. The van der Waals surface area contributed by atoms with Gasteiger partial charge >= 0.3 is 0 Å². The second-order valence-corrected chi connectivity index (χ2v) is 3.29. The summed E-state index contributed by atoms with van der Waals surface area (Å²) in [6, 6.07) is 0.0567. The minimum Gasteiger partial charge on any atom is -0.262 e. The lowest BCUT2D eigenvalue weighted by molar-refractivity contribution is 1.36. The van der Waals surface area contributed by atoms with Gasteiger partial charge in [0.1, 0.15) is 0 Å². The van der Waals surface area contributed by atoms with E-state index in [1.807, 2.05) is 0 Å². The van der Waals surface area contributed by atoms with Gasteiger partial charge in [-0.3, -0.25) is 4.98 Å². The van der Waals surface area contributed by atoms with Gasteiger partial charge in [-0.1, -0.05) is 0 Å². The molecule has 0 unspecified atom stereocenters. The number of aromatic nitrogens is 1. The first-order valence-electron chi connectivity index (χ1n) is 4.54. The van der Waals surface area contributed by atoms with Crippen LogP contribution in [0.15, 0.2) is 28.2 Å². The topological polar surface area (TPSA) is 12.9 Å². The lowest BCUT2D eigenvalue weighted by Crippen LogP contribution is -1.69. The minimum absolute atomic E-state index is 0.0369. The highest BCUT2D eigenvalue weighted by Crippen LogP contribution is 2.26. The molecule has 1 nitrogen and oxygen atoms in total. The standard InChI is InChI=1S/C7H4BrNS/c8-6-3-9-4-7-5(6)1-2-10-7/h1-4H/i1D,2D,3D,4D. The molecule has 50 valence electrons. The van der Waals surface area contributed by atoms with Gasteiger partial charge in [-0.05, 0) is 27.3 Å². The zero-order chi connectivity index (χ0) is 10.5. The van der Waals surface area contributed by atoms with Crippen LogP contribution in [0.2, 0.25) is 0 Å². The SMILES string of the molecule is [2H]c1nc([2H])c2sc([2H])c([2H])c2c1Br. The first-order valence-corrected chi connectivity index (χ1v) is 4.15. The smallest absolute Gasteiger partial charge is 0.0855 e. The second-order valence-electron chi connectivity index (χ2n) is 1.68. The van der Waals surface area contributed by atoms with Gasteiger partial charge in [-0.2, -0.15) is 0 Å². The Hall–Kier alpha value is -0.410. The average Bonchev–Trinajstić information content (AvgIpc) is 2.41.